The second kappa shape index (κ2) is 8.16. The summed E-state index contributed by atoms with van der Waals surface area (Å²) in [5.41, 5.74) is 0.980. The fraction of sp³-hybridized carbons (Fsp3) is 0.556. The number of nitrogens with one attached hydrogen (secondary N) is 1. The zero-order valence-corrected chi connectivity index (χ0v) is 16.1. The molecule has 1 saturated carbocycles. The van der Waals surface area contributed by atoms with Crippen molar-refractivity contribution >= 4 is 17.7 Å². The third kappa shape index (κ3) is 4.18. The molecule has 27 heavy (non-hydrogen) atoms. The van der Waals surface area contributed by atoms with Crippen LogP contribution in [0.4, 0.5) is 0 Å². The van der Waals surface area contributed by atoms with Crippen molar-refractivity contribution in [2.75, 3.05) is 19.0 Å². The topological polar surface area (TPSA) is 91.2 Å². The van der Waals surface area contributed by atoms with Crippen molar-refractivity contribution < 1.29 is 14.3 Å². The lowest BCUT2D eigenvalue weighted by Gasteiger charge is -2.21. The Morgan fingerprint density at radius 1 is 1.30 bits per heavy atom. The van der Waals surface area contributed by atoms with Crippen molar-refractivity contribution in [1.29, 1.82) is 0 Å². The average molecular weight is 389 g/mol. The Morgan fingerprint density at radius 2 is 2.07 bits per heavy atom. The number of hydrogen-bond donors (Lipinski definition) is 1. The van der Waals surface area contributed by atoms with Crippen molar-refractivity contribution in [2.24, 2.45) is 0 Å². The Morgan fingerprint density at radius 3 is 2.89 bits per heavy atom. The van der Waals surface area contributed by atoms with E-state index in [1.807, 2.05) is 29.8 Å². The van der Waals surface area contributed by atoms with E-state index >= 15 is 0 Å². The SMILES string of the molecule is CC(NC(=O)CSc1nnnn1C1CCCC1)c1ccc2c(c1)OCCO2. The summed E-state index contributed by atoms with van der Waals surface area (Å²) in [6.45, 7) is 3.07. The van der Waals surface area contributed by atoms with Gasteiger partial charge in [-0.25, -0.2) is 4.68 Å². The average Bonchev–Trinajstić information content (AvgIpc) is 3.37. The van der Waals surface area contributed by atoms with Gasteiger partial charge in [0.05, 0.1) is 17.8 Å². The van der Waals surface area contributed by atoms with Crippen molar-refractivity contribution in [3.05, 3.63) is 23.8 Å². The zero-order chi connectivity index (χ0) is 18.6. The number of rotatable bonds is 6. The van der Waals surface area contributed by atoms with Gasteiger partial charge in [0, 0.05) is 0 Å². The molecule has 9 heteroatoms. The number of aromatic nitrogens is 4. The van der Waals surface area contributed by atoms with Gasteiger partial charge in [-0.2, -0.15) is 0 Å². The van der Waals surface area contributed by atoms with Crippen LogP contribution in [-0.2, 0) is 4.79 Å². The lowest BCUT2D eigenvalue weighted by Crippen LogP contribution is -2.28. The number of fused-ring (bicyclic) bond motifs is 1. The van der Waals surface area contributed by atoms with Gasteiger partial charge in [0.1, 0.15) is 13.2 Å². The van der Waals surface area contributed by atoms with Crippen LogP contribution in [0.3, 0.4) is 0 Å². The number of nitrogens with zero attached hydrogens (tertiary/aromatic N) is 4. The number of hydrogen-bond acceptors (Lipinski definition) is 7. The predicted molar refractivity (Wildman–Crippen MR) is 100 cm³/mol. The molecule has 2 heterocycles. The van der Waals surface area contributed by atoms with Crippen molar-refractivity contribution in [3.63, 3.8) is 0 Å². The Bertz CT molecular complexity index is 806. The summed E-state index contributed by atoms with van der Waals surface area (Å²) < 4.78 is 13.0. The molecule has 2 aromatic rings. The van der Waals surface area contributed by atoms with E-state index in [1.54, 1.807) is 0 Å². The molecule has 1 amide bonds. The van der Waals surface area contributed by atoms with E-state index in [1.165, 1.54) is 24.6 Å². The molecular weight excluding hydrogens is 366 g/mol. The lowest BCUT2D eigenvalue weighted by molar-refractivity contribution is -0.119. The maximum Gasteiger partial charge on any atom is 0.230 e. The Balaban J connectivity index is 1.32. The highest BCUT2D eigenvalue weighted by Gasteiger charge is 2.22. The second-order valence-electron chi connectivity index (χ2n) is 6.83. The molecule has 0 bridgehead atoms. The van der Waals surface area contributed by atoms with Crippen LogP contribution in [0.5, 0.6) is 11.5 Å². The number of amides is 1. The van der Waals surface area contributed by atoms with Crippen molar-refractivity contribution in [1.82, 2.24) is 25.5 Å². The maximum absolute atomic E-state index is 12.4. The molecule has 1 aliphatic carbocycles. The van der Waals surface area contributed by atoms with Crippen molar-refractivity contribution in [3.8, 4) is 11.5 Å². The number of thioether (sulfide) groups is 1. The smallest absolute Gasteiger partial charge is 0.230 e. The molecule has 1 unspecified atom stereocenters. The molecule has 1 atom stereocenters. The Kier molecular flexibility index (Phi) is 5.47. The molecule has 2 aliphatic rings. The van der Waals surface area contributed by atoms with E-state index in [9.17, 15) is 4.79 Å². The molecule has 1 N–H and O–H groups in total. The van der Waals surface area contributed by atoms with Gasteiger partial charge >= 0.3 is 0 Å². The molecule has 1 fully saturated rings. The standard InChI is InChI=1S/C18H23N5O3S/c1-12(13-6-7-15-16(10-13)26-9-8-25-15)19-17(24)11-27-18-20-21-22-23(18)14-4-2-3-5-14/h6-7,10,12,14H,2-5,8-9,11H2,1H3,(H,19,24). The Labute approximate surface area is 162 Å². The molecule has 144 valence electrons. The maximum atomic E-state index is 12.4. The predicted octanol–water partition coefficient (Wildman–Crippen LogP) is 2.53. The van der Waals surface area contributed by atoms with Crippen LogP contribution in [0, 0.1) is 0 Å². The first-order valence-corrected chi connectivity index (χ1v) is 10.3. The molecule has 8 nitrogen and oxygen atoms in total. The first-order valence-electron chi connectivity index (χ1n) is 9.30. The number of carbonyl (C=O) groups is 1. The summed E-state index contributed by atoms with van der Waals surface area (Å²) in [4.78, 5) is 12.4. The van der Waals surface area contributed by atoms with E-state index < -0.39 is 0 Å². The number of benzene rings is 1. The van der Waals surface area contributed by atoms with Crippen LogP contribution in [-0.4, -0.2) is 45.1 Å². The van der Waals surface area contributed by atoms with Gasteiger partial charge in [-0.3, -0.25) is 4.79 Å². The minimum Gasteiger partial charge on any atom is -0.486 e. The number of ether oxygens (including phenoxy) is 2. The van der Waals surface area contributed by atoms with Crippen LogP contribution in [0.25, 0.3) is 0 Å². The number of tetrazole rings is 1. The highest BCUT2D eigenvalue weighted by atomic mass is 32.2. The summed E-state index contributed by atoms with van der Waals surface area (Å²) >= 11 is 1.38. The van der Waals surface area contributed by atoms with Gasteiger partial charge in [-0.05, 0) is 47.9 Å². The lowest BCUT2D eigenvalue weighted by atomic mass is 10.1. The fourth-order valence-electron chi connectivity index (χ4n) is 3.48. The van der Waals surface area contributed by atoms with Crippen molar-refractivity contribution in [2.45, 2.75) is 49.8 Å². The molecule has 1 aromatic heterocycles. The minimum atomic E-state index is -0.125. The second-order valence-corrected chi connectivity index (χ2v) is 7.77. The summed E-state index contributed by atoms with van der Waals surface area (Å²) in [6, 6.07) is 6.00. The van der Waals surface area contributed by atoms with Crippen LogP contribution >= 0.6 is 11.8 Å². The van der Waals surface area contributed by atoms with Gasteiger partial charge in [-0.1, -0.05) is 30.7 Å². The summed E-state index contributed by atoms with van der Waals surface area (Å²) in [5.74, 6) is 1.70. The molecule has 0 radical (unpaired) electrons. The van der Waals surface area contributed by atoms with E-state index in [2.05, 4.69) is 20.8 Å². The molecule has 0 spiro atoms. The highest BCUT2D eigenvalue weighted by molar-refractivity contribution is 7.99. The van der Waals surface area contributed by atoms with Gasteiger partial charge in [-0.15, -0.1) is 5.10 Å². The number of carbonyl (C=O) groups excluding carboxylic acids is 1. The fourth-order valence-corrected chi connectivity index (χ4v) is 4.24. The van der Waals surface area contributed by atoms with E-state index in [0.29, 0.717) is 24.4 Å². The third-order valence-corrected chi connectivity index (χ3v) is 5.84. The quantitative estimate of drug-likeness (QED) is 0.759. The van der Waals surface area contributed by atoms with Gasteiger partial charge < -0.3 is 14.8 Å². The van der Waals surface area contributed by atoms with Gasteiger partial charge in [0.2, 0.25) is 11.1 Å². The van der Waals surface area contributed by atoms with Crippen LogP contribution in [0.15, 0.2) is 23.4 Å². The monoisotopic (exact) mass is 389 g/mol. The van der Waals surface area contributed by atoms with Crippen LogP contribution in [0.2, 0.25) is 0 Å². The van der Waals surface area contributed by atoms with Gasteiger partial charge in [0.15, 0.2) is 11.5 Å². The Hall–Kier alpha value is -2.29. The zero-order valence-electron chi connectivity index (χ0n) is 15.3. The summed E-state index contributed by atoms with van der Waals surface area (Å²) in [5, 5.41) is 15.7. The molecule has 1 aromatic carbocycles. The van der Waals surface area contributed by atoms with Gasteiger partial charge in [0.25, 0.3) is 0 Å². The van der Waals surface area contributed by atoms with E-state index in [4.69, 9.17) is 9.47 Å². The third-order valence-electron chi connectivity index (χ3n) is 4.91. The molecular formula is C18H23N5O3S. The highest BCUT2D eigenvalue weighted by Crippen LogP contribution is 2.33. The molecule has 0 saturated heterocycles. The molecule has 1 aliphatic heterocycles. The van der Waals surface area contributed by atoms with E-state index in [0.717, 1.165) is 29.9 Å². The first-order chi connectivity index (χ1) is 13.2. The van der Waals surface area contributed by atoms with E-state index in [-0.39, 0.29) is 17.7 Å². The first kappa shape index (κ1) is 18.1. The largest absolute Gasteiger partial charge is 0.486 e. The molecule has 4 rings (SSSR count). The minimum absolute atomic E-state index is 0.0524. The summed E-state index contributed by atoms with van der Waals surface area (Å²) in [7, 11) is 0. The normalized spacial score (nSPS) is 17.7. The van der Waals surface area contributed by atoms with Crippen LogP contribution in [0.1, 0.15) is 50.3 Å². The van der Waals surface area contributed by atoms with Crippen LogP contribution < -0.4 is 14.8 Å². The summed E-state index contributed by atoms with van der Waals surface area (Å²) in [6.07, 6.45) is 4.63.